The summed E-state index contributed by atoms with van der Waals surface area (Å²) < 4.78 is 19.3. The van der Waals surface area contributed by atoms with E-state index in [1.54, 1.807) is 19.1 Å². The summed E-state index contributed by atoms with van der Waals surface area (Å²) in [5.41, 5.74) is 0.340. The molecule has 1 N–H and O–H groups in total. The molecule has 6 heteroatoms. The molecule has 0 aliphatic carbocycles. The van der Waals surface area contributed by atoms with Crippen molar-refractivity contribution in [2.45, 2.75) is 19.8 Å². The van der Waals surface area contributed by atoms with Crippen molar-refractivity contribution in [1.29, 1.82) is 0 Å². The Balaban J connectivity index is 0.00000192. The third-order valence-corrected chi connectivity index (χ3v) is 4.79. The van der Waals surface area contributed by atoms with Crippen LogP contribution >= 0.6 is 12.4 Å². The summed E-state index contributed by atoms with van der Waals surface area (Å²) in [6.45, 7) is 5.72. The third kappa shape index (κ3) is 3.78. The highest BCUT2D eigenvalue weighted by atomic mass is 35.5. The van der Waals surface area contributed by atoms with Gasteiger partial charge < -0.3 is 15.0 Å². The number of para-hydroxylation sites is 1. The molecule has 2 atom stereocenters. The molecule has 0 spiro atoms. The molecule has 23 heavy (non-hydrogen) atoms. The van der Waals surface area contributed by atoms with Gasteiger partial charge in [0.1, 0.15) is 0 Å². The van der Waals surface area contributed by atoms with Crippen LogP contribution < -0.4 is 10.1 Å². The zero-order chi connectivity index (χ0) is 15.5. The van der Waals surface area contributed by atoms with E-state index in [1.165, 1.54) is 6.07 Å². The first kappa shape index (κ1) is 18.0. The van der Waals surface area contributed by atoms with Crippen LogP contribution in [-0.4, -0.2) is 43.6 Å². The van der Waals surface area contributed by atoms with E-state index in [-0.39, 0.29) is 24.1 Å². The normalized spacial score (nSPS) is 23.7. The van der Waals surface area contributed by atoms with Crippen molar-refractivity contribution >= 4 is 18.3 Å². The molecular weight excluding hydrogens is 319 g/mol. The summed E-state index contributed by atoms with van der Waals surface area (Å²) in [5.74, 6) is 0.828. The fourth-order valence-corrected chi connectivity index (χ4v) is 3.56. The molecule has 128 valence electrons. The number of rotatable bonds is 3. The molecular formula is C17H24ClFN2O2. The molecule has 0 aromatic heterocycles. The van der Waals surface area contributed by atoms with Gasteiger partial charge in [0.25, 0.3) is 5.91 Å². The molecule has 4 nitrogen and oxygen atoms in total. The Morgan fingerprint density at radius 2 is 1.96 bits per heavy atom. The average molecular weight is 343 g/mol. The van der Waals surface area contributed by atoms with E-state index in [2.05, 4.69) is 5.32 Å². The fraction of sp³-hybridized carbons (Fsp3) is 0.588. The molecule has 3 rings (SSSR count). The quantitative estimate of drug-likeness (QED) is 0.918. The Bertz CT molecular complexity index is 541. The summed E-state index contributed by atoms with van der Waals surface area (Å²) in [7, 11) is 0. The molecule has 0 saturated carbocycles. The minimum Gasteiger partial charge on any atom is -0.490 e. The van der Waals surface area contributed by atoms with Crippen LogP contribution in [0.15, 0.2) is 18.2 Å². The molecule has 0 radical (unpaired) electrons. The van der Waals surface area contributed by atoms with Gasteiger partial charge in [-0.3, -0.25) is 4.79 Å². The summed E-state index contributed by atoms with van der Waals surface area (Å²) in [4.78, 5) is 14.6. The van der Waals surface area contributed by atoms with Gasteiger partial charge in [0, 0.05) is 13.1 Å². The van der Waals surface area contributed by atoms with E-state index in [0.29, 0.717) is 24.0 Å². The molecule has 2 aliphatic heterocycles. The molecule has 2 saturated heterocycles. The Morgan fingerprint density at radius 3 is 2.57 bits per heavy atom. The smallest absolute Gasteiger partial charge is 0.257 e. The number of likely N-dealkylation sites (tertiary alicyclic amines) is 1. The molecule has 1 amide bonds. The lowest BCUT2D eigenvalue weighted by Gasteiger charge is -2.22. The SMILES string of the molecule is CCOc1c(F)cccc1C(=O)N1CC[C@@H]2CNC[C@@H]2CC1.Cl. The van der Waals surface area contributed by atoms with E-state index < -0.39 is 5.82 Å². The zero-order valence-electron chi connectivity index (χ0n) is 13.4. The van der Waals surface area contributed by atoms with Crippen LogP contribution in [0.25, 0.3) is 0 Å². The predicted molar refractivity (Wildman–Crippen MR) is 89.8 cm³/mol. The van der Waals surface area contributed by atoms with Crippen LogP contribution in [0, 0.1) is 17.7 Å². The standard InChI is InChI=1S/C17H23FN2O2.ClH/c1-2-22-16-14(4-3-5-15(16)18)17(21)20-8-6-12-10-19-11-13(12)7-9-20;/h3-5,12-13,19H,2,6-11H2,1H3;1H/t12-,13+;. The van der Waals surface area contributed by atoms with Gasteiger partial charge in [0.15, 0.2) is 11.6 Å². The van der Waals surface area contributed by atoms with Gasteiger partial charge >= 0.3 is 0 Å². The van der Waals surface area contributed by atoms with Gasteiger partial charge in [-0.15, -0.1) is 12.4 Å². The molecule has 1 aromatic carbocycles. The van der Waals surface area contributed by atoms with Gasteiger partial charge in [-0.05, 0) is 56.8 Å². The van der Waals surface area contributed by atoms with Crippen LogP contribution in [0.1, 0.15) is 30.1 Å². The number of hydrogen-bond acceptors (Lipinski definition) is 3. The number of ether oxygens (including phenoxy) is 1. The van der Waals surface area contributed by atoms with Crippen LogP contribution in [0.3, 0.4) is 0 Å². The van der Waals surface area contributed by atoms with Crippen molar-refractivity contribution in [3.8, 4) is 5.75 Å². The lowest BCUT2D eigenvalue weighted by Crippen LogP contribution is -2.33. The van der Waals surface area contributed by atoms with Gasteiger partial charge in [0.05, 0.1) is 12.2 Å². The second kappa shape index (κ2) is 7.97. The van der Waals surface area contributed by atoms with E-state index >= 15 is 0 Å². The number of carbonyl (C=O) groups excluding carboxylic acids is 1. The first-order valence-electron chi connectivity index (χ1n) is 8.12. The van der Waals surface area contributed by atoms with Crippen molar-refractivity contribution in [3.05, 3.63) is 29.6 Å². The molecule has 2 aliphatic rings. The minimum atomic E-state index is -0.469. The Hall–Kier alpha value is -1.33. The van der Waals surface area contributed by atoms with Crippen molar-refractivity contribution < 1.29 is 13.9 Å². The monoisotopic (exact) mass is 342 g/mol. The zero-order valence-corrected chi connectivity index (χ0v) is 14.2. The van der Waals surface area contributed by atoms with Gasteiger partial charge in [-0.1, -0.05) is 6.07 Å². The number of fused-ring (bicyclic) bond motifs is 1. The molecule has 0 bridgehead atoms. The Kier molecular flexibility index (Phi) is 6.25. The lowest BCUT2D eigenvalue weighted by atomic mass is 9.92. The van der Waals surface area contributed by atoms with Crippen molar-refractivity contribution in [2.24, 2.45) is 11.8 Å². The Morgan fingerprint density at radius 1 is 1.30 bits per heavy atom. The fourth-order valence-electron chi connectivity index (χ4n) is 3.56. The summed E-state index contributed by atoms with van der Waals surface area (Å²) in [6.07, 6.45) is 2.03. The predicted octanol–water partition coefficient (Wildman–Crippen LogP) is 2.72. The molecule has 2 fully saturated rings. The van der Waals surface area contributed by atoms with Gasteiger partial charge in [-0.2, -0.15) is 0 Å². The van der Waals surface area contributed by atoms with Crippen molar-refractivity contribution in [1.82, 2.24) is 10.2 Å². The maximum absolute atomic E-state index is 13.9. The average Bonchev–Trinajstić information content (AvgIpc) is 2.87. The first-order valence-corrected chi connectivity index (χ1v) is 8.12. The lowest BCUT2D eigenvalue weighted by molar-refractivity contribution is 0.0753. The number of carbonyl (C=O) groups is 1. The summed E-state index contributed by atoms with van der Waals surface area (Å²) in [5, 5.41) is 3.43. The third-order valence-electron chi connectivity index (χ3n) is 4.79. The van der Waals surface area contributed by atoms with Crippen LogP contribution in [-0.2, 0) is 0 Å². The molecule has 0 unspecified atom stereocenters. The van der Waals surface area contributed by atoms with Crippen molar-refractivity contribution in [3.63, 3.8) is 0 Å². The van der Waals surface area contributed by atoms with Crippen LogP contribution in [0.4, 0.5) is 4.39 Å². The number of halogens is 2. The van der Waals surface area contributed by atoms with Crippen LogP contribution in [0.2, 0.25) is 0 Å². The summed E-state index contributed by atoms with van der Waals surface area (Å²) >= 11 is 0. The molecule has 1 aromatic rings. The maximum Gasteiger partial charge on any atom is 0.257 e. The van der Waals surface area contributed by atoms with E-state index in [9.17, 15) is 9.18 Å². The van der Waals surface area contributed by atoms with Gasteiger partial charge in [0.2, 0.25) is 0 Å². The highest BCUT2D eigenvalue weighted by molar-refractivity contribution is 5.97. The number of amides is 1. The minimum absolute atomic E-state index is 0. The van der Waals surface area contributed by atoms with Gasteiger partial charge in [-0.25, -0.2) is 4.39 Å². The maximum atomic E-state index is 13.9. The second-order valence-electron chi connectivity index (χ2n) is 6.10. The Labute approximate surface area is 142 Å². The van der Waals surface area contributed by atoms with Crippen molar-refractivity contribution in [2.75, 3.05) is 32.8 Å². The number of nitrogens with zero attached hydrogens (tertiary/aromatic N) is 1. The van der Waals surface area contributed by atoms with Crippen LogP contribution in [0.5, 0.6) is 5.75 Å². The van der Waals surface area contributed by atoms with E-state index in [4.69, 9.17) is 4.74 Å². The van der Waals surface area contributed by atoms with E-state index in [1.807, 2.05) is 4.90 Å². The first-order chi connectivity index (χ1) is 10.7. The highest BCUT2D eigenvalue weighted by Gasteiger charge is 2.32. The van der Waals surface area contributed by atoms with E-state index in [0.717, 1.165) is 39.0 Å². The number of hydrogen-bond donors (Lipinski definition) is 1. The highest BCUT2D eigenvalue weighted by Crippen LogP contribution is 2.29. The number of benzene rings is 1. The topological polar surface area (TPSA) is 41.6 Å². The summed E-state index contributed by atoms with van der Waals surface area (Å²) in [6, 6.07) is 4.56. The number of nitrogens with one attached hydrogen (secondary N) is 1. The molecule has 2 heterocycles. The largest absolute Gasteiger partial charge is 0.490 e. The second-order valence-corrected chi connectivity index (χ2v) is 6.10.